The number of nitrogens with one attached hydrogen (secondary N) is 1. The highest BCUT2D eigenvalue weighted by molar-refractivity contribution is 7.90. The number of carbonyl (C=O) groups excluding carboxylic acids is 1. The lowest BCUT2D eigenvalue weighted by atomic mass is 10.1. The molecular formula is C19H24N2O6S2. The molecule has 0 bridgehead atoms. The Kier molecular flexibility index (Phi) is 7.53. The van der Waals surface area contributed by atoms with Gasteiger partial charge in [-0.25, -0.2) is 22.3 Å². The van der Waals surface area contributed by atoms with Crippen molar-refractivity contribution in [3.05, 3.63) is 59.7 Å². The monoisotopic (exact) mass is 440 g/mol. The number of sulfonamides is 1. The molecule has 0 radical (unpaired) electrons. The van der Waals surface area contributed by atoms with Crippen molar-refractivity contribution >= 4 is 25.8 Å². The minimum absolute atomic E-state index is 0.0160. The number of nitrogens with zero attached hydrogens (tertiary/aromatic N) is 1. The van der Waals surface area contributed by atoms with Gasteiger partial charge in [0.1, 0.15) is 0 Å². The molecule has 0 spiro atoms. The Morgan fingerprint density at radius 1 is 0.931 bits per heavy atom. The van der Waals surface area contributed by atoms with Crippen LogP contribution in [0.15, 0.2) is 58.3 Å². The normalized spacial score (nSPS) is 12.1. The fourth-order valence-corrected chi connectivity index (χ4v) is 4.72. The molecule has 0 aromatic heterocycles. The quantitative estimate of drug-likeness (QED) is 0.451. The number of hydrogen-bond acceptors (Lipinski definition) is 6. The van der Waals surface area contributed by atoms with Crippen LogP contribution in [0.2, 0.25) is 0 Å². The van der Waals surface area contributed by atoms with Crippen molar-refractivity contribution in [2.75, 3.05) is 19.3 Å². The number of hydrogen-bond donors (Lipinski definition) is 2. The summed E-state index contributed by atoms with van der Waals surface area (Å²) in [6, 6.07) is 12.6. The summed E-state index contributed by atoms with van der Waals surface area (Å²) >= 11 is 0. The number of amides is 1. The highest BCUT2D eigenvalue weighted by atomic mass is 32.2. The van der Waals surface area contributed by atoms with Crippen molar-refractivity contribution < 1.29 is 26.8 Å². The van der Waals surface area contributed by atoms with E-state index in [-0.39, 0.29) is 29.3 Å². The zero-order valence-electron chi connectivity index (χ0n) is 16.2. The van der Waals surface area contributed by atoms with E-state index >= 15 is 0 Å². The highest BCUT2D eigenvalue weighted by Crippen LogP contribution is 2.19. The zero-order valence-corrected chi connectivity index (χ0v) is 17.8. The Labute approximate surface area is 171 Å². The van der Waals surface area contributed by atoms with Gasteiger partial charge in [0.25, 0.3) is 0 Å². The molecule has 2 aromatic rings. The van der Waals surface area contributed by atoms with Crippen LogP contribution in [0.3, 0.4) is 0 Å². The molecule has 0 heterocycles. The van der Waals surface area contributed by atoms with Crippen LogP contribution in [0, 0.1) is 6.92 Å². The summed E-state index contributed by atoms with van der Waals surface area (Å²) in [6.45, 7) is 1.94. The molecule has 0 saturated heterocycles. The SMILES string of the molecule is Cc1ccc(CCN(CCC(=O)NO)S(=O)(=O)c2ccc(S(C)(=O)=O)cc2)cc1. The zero-order chi connectivity index (χ0) is 21.7. The maximum Gasteiger partial charge on any atom is 0.244 e. The third-order valence-electron chi connectivity index (χ3n) is 4.37. The van der Waals surface area contributed by atoms with E-state index in [1.807, 2.05) is 31.2 Å². The summed E-state index contributed by atoms with van der Waals surface area (Å²) < 4.78 is 50.4. The first-order valence-corrected chi connectivity index (χ1v) is 12.2. The van der Waals surface area contributed by atoms with Gasteiger partial charge in [0.2, 0.25) is 15.9 Å². The van der Waals surface area contributed by atoms with E-state index in [4.69, 9.17) is 5.21 Å². The molecule has 2 N–H and O–H groups in total. The van der Waals surface area contributed by atoms with Gasteiger partial charge in [-0.2, -0.15) is 4.31 Å². The Morgan fingerprint density at radius 2 is 1.48 bits per heavy atom. The topological polar surface area (TPSA) is 121 Å². The Hall–Kier alpha value is -2.27. The molecule has 29 heavy (non-hydrogen) atoms. The molecule has 1 amide bonds. The fraction of sp³-hybridized carbons (Fsp3) is 0.316. The average Bonchev–Trinajstić information content (AvgIpc) is 2.68. The molecule has 2 aromatic carbocycles. The van der Waals surface area contributed by atoms with Crippen molar-refractivity contribution in [1.29, 1.82) is 0 Å². The van der Waals surface area contributed by atoms with Gasteiger partial charge in [-0.3, -0.25) is 10.0 Å². The second-order valence-electron chi connectivity index (χ2n) is 6.67. The van der Waals surface area contributed by atoms with Crippen molar-refractivity contribution in [2.45, 2.75) is 29.6 Å². The van der Waals surface area contributed by atoms with Gasteiger partial charge in [-0.15, -0.1) is 0 Å². The van der Waals surface area contributed by atoms with Gasteiger partial charge >= 0.3 is 0 Å². The van der Waals surface area contributed by atoms with Crippen LogP contribution < -0.4 is 5.48 Å². The first-order valence-electron chi connectivity index (χ1n) is 8.83. The van der Waals surface area contributed by atoms with Crippen LogP contribution in [0.5, 0.6) is 0 Å². The molecule has 0 atom stereocenters. The number of rotatable bonds is 9. The number of benzene rings is 2. The maximum absolute atomic E-state index is 13.1. The van der Waals surface area contributed by atoms with E-state index in [1.54, 1.807) is 0 Å². The highest BCUT2D eigenvalue weighted by Gasteiger charge is 2.25. The standard InChI is InChI=1S/C19H24N2O6S2/c1-15-3-5-16(6-4-15)11-13-21(14-12-19(22)20-23)29(26,27)18-9-7-17(8-10-18)28(2,24)25/h3-10,23H,11-14H2,1-2H3,(H,20,22). The molecule has 8 nitrogen and oxygen atoms in total. The molecule has 0 aliphatic carbocycles. The van der Waals surface area contributed by atoms with E-state index < -0.39 is 25.8 Å². The van der Waals surface area contributed by atoms with E-state index in [0.29, 0.717) is 6.42 Å². The largest absolute Gasteiger partial charge is 0.289 e. The molecular weight excluding hydrogens is 416 g/mol. The molecule has 0 fully saturated rings. The molecule has 0 aliphatic heterocycles. The molecule has 0 saturated carbocycles. The van der Waals surface area contributed by atoms with Crippen LogP contribution in [-0.2, 0) is 31.1 Å². The summed E-state index contributed by atoms with van der Waals surface area (Å²) in [5, 5.41) is 8.68. The van der Waals surface area contributed by atoms with E-state index in [2.05, 4.69) is 0 Å². The number of carbonyl (C=O) groups is 1. The third kappa shape index (κ3) is 6.36. The molecule has 10 heteroatoms. The van der Waals surface area contributed by atoms with Gasteiger partial charge in [0.05, 0.1) is 9.79 Å². The average molecular weight is 441 g/mol. The van der Waals surface area contributed by atoms with E-state index in [0.717, 1.165) is 21.7 Å². The van der Waals surface area contributed by atoms with Crippen molar-refractivity contribution in [1.82, 2.24) is 9.79 Å². The predicted octanol–water partition coefficient (Wildman–Crippen LogP) is 1.53. The summed E-state index contributed by atoms with van der Waals surface area (Å²) in [4.78, 5) is 11.3. The lowest BCUT2D eigenvalue weighted by Crippen LogP contribution is -2.36. The molecule has 2 rings (SSSR count). The van der Waals surface area contributed by atoms with Crippen molar-refractivity contribution in [2.24, 2.45) is 0 Å². The first-order chi connectivity index (χ1) is 13.5. The molecule has 158 valence electrons. The van der Waals surface area contributed by atoms with Crippen LogP contribution in [0.4, 0.5) is 0 Å². The van der Waals surface area contributed by atoms with E-state index in [9.17, 15) is 21.6 Å². The van der Waals surface area contributed by atoms with Gasteiger partial charge in [0, 0.05) is 25.8 Å². The van der Waals surface area contributed by atoms with Crippen molar-refractivity contribution in [3.63, 3.8) is 0 Å². The summed E-state index contributed by atoms with van der Waals surface area (Å²) in [5.74, 6) is -0.701. The second-order valence-corrected chi connectivity index (χ2v) is 10.6. The van der Waals surface area contributed by atoms with E-state index in [1.165, 1.54) is 29.7 Å². The lowest BCUT2D eigenvalue weighted by Gasteiger charge is -2.22. The summed E-state index contributed by atoms with van der Waals surface area (Å²) in [6.07, 6.45) is 1.25. The van der Waals surface area contributed by atoms with Gasteiger partial charge in [-0.05, 0) is 43.2 Å². The number of hydroxylamine groups is 1. The second kappa shape index (κ2) is 9.49. The fourth-order valence-electron chi connectivity index (χ4n) is 2.65. The van der Waals surface area contributed by atoms with Gasteiger partial charge < -0.3 is 0 Å². The molecule has 0 aliphatic rings. The maximum atomic E-state index is 13.1. The Balaban J connectivity index is 2.26. The lowest BCUT2D eigenvalue weighted by molar-refractivity contribution is -0.129. The van der Waals surface area contributed by atoms with Crippen LogP contribution >= 0.6 is 0 Å². The minimum Gasteiger partial charge on any atom is -0.289 e. The van der Waals surface area contributed by atoms with Gasteiger partial charge in [-0.1, -0.05) is 29.8 Å². The predicted molar refractivity (Wildman–Crippen MR) is 108 cm³/mol. The van der Waals surface area contributed by atoms with Crippen LogP contribution in [0.25, 0.3) is 0 Å². The van der Waals surface area contributed by atoms with Crippen molar-refractivity contribution in [3.8, 4) is 0 Å². The number of aryl methyl sites for hydroxylation is 1. The van der Waals surface area contributed by atoms with Crippen LogP contribution in [-0.4, -0.2) is 51.6 Å². The van der Waals surface area contributed by atoms with Gasteiger partial charge in [0.15, 0.2) is 9.84 Å². The smallest absolute Gasteiger partial charge is 0.244 e. The minimum atomic E-state index is -3.97. The Morgan fingerprint density at radius 3 is 2.00 bits per heavy atom. The van der Waals surface area contributed by atoms with Crippen LogP contribution in [0.1, 0.15) is 17.5 Å². The Bertz CT molecular complexity index is 1050. The third-order valence-corrected chi connectivity index (χ3v) is 7.41. The molecule has 0 unspecified atom stereocenters. The number of sulfone groups is 1. The summed E-state index contributed by atoms with van der Waals surface area (Å²) in [7, 11) is -7.42. The first kappa shape index (κ1) is 23.0. The summed E-state index contributed by atoms with van der Waals surface area (Å²) in [5.41, 5.74) is 3.52.